The Morgan fingerprint density at radius 1 is 1.13 bits per heavy atom. The van der Waals surface area contributed by atoms with Gasteiger partial charge in [-0.3, -0.25) is 4.79 Å². The van der Waals surface area contributed by atoms with Crippen molar-refractivity contribution in [2.24, 2.45) is 10.9 Å². The van der Waals surface area contributed by atoms with Crippen LogP contribution in [-0.4, -0.2) is 54.3 Å². The predicted octanol–water partition coefficient (Wildman–Crippen LogP) is 4.13. The van der Waals surface area contributed by atoms with Crippen LogP contribution < -0.4 is 9.47 Å². The van der Waals surface area contributed by atoms with E-state index in [-0.39, 0.29) is 12.0 Å². The van der Waals surface area contributed by atoms with Crippen LogP contribution in [0.5, 0.6) is 17.2 Å². The maximum absolute atomic E-state index is 12.6. The fraction of sp³-hybridized carbons (Fsp3) is 0.417. The molecule has 2 aromatic carbocycles. The first-order valence-electron chi connectivity index (χ1n) is 10.6. The molecule has 2 aromatic rings. The minimum Gasteiger partial charge on any atom is -0.497 e. The minimum atomic E-state index is 0.144. The molecule has 0 unspecified atom stereocenters. The van der Waals surface area contributed by atoms with Crippen LogP contribution in [0.2, 0.25) is 0 Å². The topological polar surface area (TPSA) is 54.4 Å². The van der Waals surface area contributed by atoms with E-state index in [1.54, 1.807) is 7.11 Å². The predicted molar refractivity (Wildman–Crippen MR) is 116 cm³/mol. The van der Waals surface area contributed by atoms with Gasteiger partial charge in [-0.25, -0.2) is 4.99 Å². The molecule has 6 heteroatoms. The number of amides is 1. The van der Waals surface area contributed by atoms with Gasteiger partial charge in [-0.05, 0) is 62.6 Å². The molecule has 3 aliphatic rings. The highest BCUT2D eigenvalue weighted by atomic mass is 16.5. The summed E-state index contributed by atoms with van der Waals surface area (Å²) in [5, 5.41) is 0. The molecule has 0 bridgehead atoms. The van der Waals surface area contributed by atoms with Crippen molar-refractivity contribution in [1.82, 2.24) is 9.80 Å². The number of aliphatic imine (C=N–C) groups is 1. The number of carbonyl (C=O) groups excluding carboxylic acids is 1. The number of piperazine rings is 1. The molecule has 30 heavy (non-hydrogen) atoms. The van der Waals surface area contributed by atoms with Crippen molar-refractivity contribution in [3.63, 3.8) is 0 Å². The summed E-state index contributed by atoms with van der Waals surface area (Å²) in [6, 6.07) is 12.1. The third-order valence-corrected chi connectivity index (χ3v) is 6.13. The number of nitrogens with zero attached hydrogens (tertiary/aromatic N) is 3. The van der Waals surface area contributed by atoms with Gasteiger partial charge in [-0.15, -0.1) is 0 Å². The van der Waals surface area contributed by atoms with Gasteiger partial charge in [0, 0.05) is 31.6 Å². The van der Waals surface area contributed by atoms with Crippen molar-refractivity contribution in [1.29, 1.82) is 0 Å². The quantitative estimate of drug-likeness (QED) is 0.754. The standard InChI is InChI=1S/C24H27N3O3/c1-15-4-8-20-22(12-15)30-21-9-7-18(29-3)13-19(21)23(25-20)26-10-11-27(16(2)14-26)24(28)17-5-6-17/h4,7-9,12-13,16-17H,5-6,10-11,14H2,1-3H3/t16-/m1/s1. The van der Waals surface area contributed by atoms with Crippen LogP contribution in [0, 0.1) is 12.8 Å². The number of ether oxygens (including phenoxy) is 2. The van der Waals surface area contributed by atoms with E-state index in [9.17, 15) is 4.79 Å². The van der Waals surface area contributed by atoms with Gasteiger partial charge < -0.3 is 19.3 Å². The van der Waals surface area contributed by atoms with Gasteiger partial charge in [0.2, 0.25) is 5.91 Å². The summed E-state index contributed by atoms with van der Waals surface area (Å²) in [5.41, 5.74) is 2.86. The number of aryl methyl sites for hydroxylation is 1. The van der Waals surface area contributed by atoms with Gasteiger partial charge in [0.05, 0.1) is 12.7 Å². The van der Waals surface area contributed by atoms with E-state index in [4.69, 9.17) is 14.5 Å². The number of amidine groups is 1. The van der Waals surface area contributed by atoms with Crippen molar-refractivity contribution in [3.05, 3.63) is 47.5 Å². The van der Waals surface area contributed by atoms with Crippen LogP contribution in [0.4, 0.5) is 5.69 Å². The van der Waals surface area contributed by atoms with Gasteiger partial charge in [0.1, 0.15) is 23.0 Å². The Hall–Kier alpha value is -3.02. The lowest BCUT2D eigenvalue weighted by Crippen LogP contribution is -2.56. The highest BCUT2D eigenvalue weighted by molar-refractivity contribution is 6.04. The SMILES string of the molecule is COc1ccc2c(c1)C(N1CCN(C(=O)C3CC3)[C@H](C)C1)=Nc1ccc(C)cc1O2. The van der Waals surface area contributed by atoms with Crippen molar-refractivity contribution in [2.75, 3.05) is 26.7 Å². The zero-order valence-electron chi connectivity index (χ0n) is 17.7. The summed E-state index contributed by atoms with van der Waals surface area (Å²) < 4.78 is 11.7. The molecule has 0 N–H and O–H groups in total. The second kappa shape index (κ2) is 7.35. The van der Waals surface area contributed by atoms with Crippen LogP contribution in [-0.2, 0) is 4.79 Å². The molecule has 2 heterocycles. The molecule has 2 aliphatic heterocycles. The maximum Gasteiger partial charge on any atom is 0.226 e. The summed E-state index contributed by atoms with van der Waals surface area (Å²) in [5.74, 6) is 3.73. The van der Waals surface area contributed by atoms with Crippen LogP contribution >= 0.6 is 0 Å². The van der Waals surface area contributed by atoms with Gasteiger partial charge >= 0.3 is 0 Å². The molecule has 6 nitrogen and oxygen atoms in total. The molecule has 1 saturated heterocycles. The van der Waals surface area contributed by atoms with E-state index >= 15 is 0 Å². The second-order valence-electron chi connectivity index (χ2n) is 8.47. The van der Waals surface area contributed by atoms with Gasteiger partial charge in [0.25, 0.3) is 0 Å². The van der Waals surface area contributed by atoms with E-state index in [0.29, 0.717) is 5.91 Å². The Bertz CT molecular complexity index is 1030. The zero-order valence-corrected chi connectivity index (χ0v) is 17.7. The van der Waals surface area contributed by atoms with Crippen LogP contribution in [0.25, 0.3) is 0 Å². The first kappa shape index (κ1) is 19.0. The van der Waals surface area contributed by atoms with Crippen molar-refractivity contribution >= 4 is 17.4 Å². The Morgan fingerprint density at radius 3 is 2.70 bits per heavy atom. The van der Waals surface area contributed by atoms with Crippen LogP contribution in [0.3, 0.4) is 0 Å². The lowest BCUT2D eigenvalue weighted by molar-refractivity contribution is -0.136. The average Bonchev–Trinajstić information content (AvgIpc) is 3.59. The number of hydrogen-bond acceptors (Lipinski definition) is 5. The first-order valence-corrected chi connectivity index (χ1v) is 10.6. The molecule has 156 valence electrons. The molecular formula is C24H27N3O3. The van der Waals surface area contributed by atoms with E-state index in [0.717, 1.165) is 72.4 Å². The molecule has 0 spiro atoms. The normalized spacial score (nSPS) is 20.5. The zero-order chi connectivity index (χ0) is 20.8. The molecule has 1 saturated carbocycles. The number of hydrogen-bond donors (Lipinski definition) is 0. The van der Waals surface area contributed by atoms with Crippen LogP contribution in [0.1, 0.15) is 30.9 Å². The van der Waals surface area contributed by atoms with E-state index in [1.165, 1.54) is 0 Å². The monoisotopic (exact) mass is 405 g/mol. The van der Waals surface area contributed by atoms with Crippen molar-refractivity contribution in [3.8, 4) is 17.2 Å². The van der Waals surface area contributed by atoms with Gasteiger partial charge in [-0.1, -0.05) is 6.07 Å². The number of rotatable bonds is 2. The third kappa shape index (κ3) is 3.40. The van der Waals surface area contributed by atoms with Crippen LogP contribution in [0.15, 0.2) is 41.4 Å². The van der Waals surface area contributed by atoms with E-state index in [2.05, 4.69) is 17.9 Å². The first-order chi connectivity index (χ1) is 14.5. The third-order valence-electron chi connectivity index (χ3n) is 6.13. The summed E-state index contributed by atoms with van der Waals surface area (Å²) in [6.07, 6.45) is 2.08. The Labute approximate surface area is 177 Å². The Kier molecular flexibility index (Phi) is 4.65. The molecule has 1 atom stereocenters. The lowest BCUT2D eigenvalue weighted by atomic mass is 10.1. The summed E-state index contributed by atoms with van der Waals surface area (Å²) in [4.78, 5) is 22.0. The maximum atomic E-state index is 12.6. The fourth-order valence-corrected chi connectivity index (χ4v) is 4.27. The highest BCUT2D eigenvalue weighted by Gasteiger charge is 2.38. The largest absolute Gasteiger partial charge is 0.497 e. The van der Waals surface area contributed by atoms with Gasteiger partial charge in [0.15, 0.2) is 5.75 Å². The number of benzene rings is 2. The number of fused-ring (bicyclic) bond motifs is 2. The van der Waals surface area contributed by atoms with Crippen molar-refractivity contribution < 1.29 is 14.3 Å². The molecule has 5 rings (SSSR count). The number of carbonyl (C=O) groups is 1. The Balaban J connectivity index is 1.52. The smallest absolute Gasteiger partial charge is 0.226 e. The van der Waals surface area contributed by atoms with Crippen molar-refractivity contribution in [2.45, 2.75) is 32.7 Å². The second-order valence-corrected chi connectivity index (χ2v) is 8.47. The molecule has 0 radical (unpaired) electrons. The summed E-state index contributed by atoms with van der Waals surface area (Å²) >= 11 is 0. The minimum absolute atomic E-state index is 0.144. The number of methoxy groups -OCH3 is 1. The van der Waals surface area contributed by atoms with E-state index < -0.39 is 0 Å². The molecule has 1 amide bonds. The van der Waals surface area contributed by atoms with E-state index in [1.807, 2.05) is 42.2 Å². The summed E-state index contributed by atoms with van der Waals surface area (Å²) in [6.45, 7) is 6.39. The Morgan fingerprint density at radius 2 is 1.97 bits per heavy atom. The van der Waals surface area contributed by atoms with Gasteiger partial charge in [-0.2, -0.15) is 0 Å². The molecule has 0 aromatic heterocycles. The molecular weight excluding hydrogens is 378 g/mol. The molecule has 1 aliphatic carbocycles. The fourth-order valence-electron chi connectivity index (χ4n) is 4.27. The highest BCUT2D eigenvalue weighted by Crippen LogP contribution is 2.40. The average molecular weight is 405 g/mol. The lowest BCUT2D eigenvalue weighted by Gasteiger charge is -2.41. The molecule has 2 fully saturated rings. The summed E-state index contributed by atoms with van der Waals surface area (Å²) in [7, 11) is 1.67.